The second-order valence-electron chi connectivity index (χ2n) is 7.44. The molecule has 1 aliphatic rings. The van der Waals surface area contributed by atoms with E-state index in [1.807, 2.05) is 43.3 Å². The molecule has 2 heterocycles. The molecule has 0 saturated carbocycles. The van der Waals surface area contributed by atoms with Crippen LogP contribution in [0.1, 0.15) is 5.56 Å². The lowest BCUT2D eigenvalue weighted by Crippen LogP contribution is -2.36. The van der Waals surface area contributed by atoms with Crippen LogP contribution in [0, 0.1) is 0 Å². The number of rotatable bonds is 7. The molecule has 4 rings (SSSR count). The Labute approximate surface area is 199 Å². The highest BCUT2D eigenvalue weighted by molar-refractivity contribution is 8.18. The second-order valence-corrected chi connectivity index (χ2v) is 8.44. The molecule has 1 aromatic heterocycles. The molecule has 3 aromatic rings. The fourth-order valence-electron chi connectivity index (χ4n) is 3.08. The molecular weight excluding hydrogens is 458 g/mol. The van der Waals surface area contributed by atoms with Gasteiger partial charge >= 0.3 is 6.01 Å². The maximum atomic E-state index is 12.7. The predicted octanol–water partition coefficient (Wildman–Crippen LogP) is 3.49. The predicted molar refractivity (Wildman–Crippen MR) is 128 cm³/mol. The molecule has 0 radical (unpaired) electrons. The number of benzene rings is 2. The van der Waals surface area contributed by atoms with E-state index in [-0.39, 0.29) is 16.8 Å². The van der Waals surface area contributed by atoms with Crippen LogP contribution in [-0.4, -0.2) is 59.9 Å². The lowest BCUT2D eigenvalue weighted by Gasteiger charge is -2.12. The van der Waals surface area contributed by atoms with Gasteiger partial charge < -0.3 is 14.1 Å². The Morgan fingerprint density at radius 1 is 1.12 bits per heavy atom. The first kappa shape index (κ1) is 23.1. The van der Waals surface area contributed by atoms with Crippen LogP contribution in [0.25, 0.3) is 17.5 Å². The van der Waals surface area contributed by atoms with Crippen molar-refractivity contribution in [1.29, 1.82) is 0 Å². The largest absolute Gasteiger partial charge is 0.497 e. The zero-order valence-electron chi connectivity index (χ0n) is 18.6. The van der Waals surface area contributed by atoms with Crippen LogP contribution in [0.2, 0.25) is 0 Å². The summed E-state index contributed by atoms with van der Waals surface area (Å²) in [5.74, 6) is -0.295. The summed E-state index contributed by atoms with van der Waals surface area (Å²) in [6.07, 6.45) is 1.63. The number of carbonyl (C=O) groups is 3. The molecule has 1 fully saturated rings. The first-order chi connectivity index (χ1) is 16.3. The van der Waals surface area contributed by atoms with Crippen molar-refractivity contribution in [3.8, 4) is 17.2 Å². The van der Waals surface area contributed by atoms with Gasteiger partial charge in [0.25, 0.3) is 11.1 Å². The highest BCUT2D eigenvalue weighted by atomic mass is 32.2. The minimum atomic E-state index is -0.635. The summed E-state index contributed by atoms with van der Waals surface area (Å²) in [7, 11) is 5.42. The van der Waals surface area contributed by atoms with Crippen molar-refractivity contribution >= 4 is 46.6 Å². The van der Waals surface area contributed by atoms with Crippen molar-refractivity contribution in [3.63, 3.8) is 0 Å². The Hall–Kier alpha value is -4.12. The van der Waals surface area contributed by atoms with Crippen LogP contribution < -0.4 is 15.0 Å². The van der Waals surface area contributed by atoms with Crippen molar-refractivity contribution in [2.24, 2.45) is 0 Å². The number of hydrogen-bond donors (Lipinski definition) is 1. The number of hydrogen-bond acceptors (Lipinski definition) is 9. The Bertz CT molecular complexity index is 1250. The Balaban J connectivity index is 1.39. The number of methoxy groups -OCH3 is 1. The molecule has 1 saturated heterocycles. The quantitative estimate of drug-likeness (QED) is 0.508. The van der Waals surface area contributed by atoms with Gasteiger partial charge in [0.15, 0.2) is 0 Å². The van der Waals surface area contributed by atoms with E-state index >= 15 is 0 Å². The standard InChI is InChI=1S/C23H21N5O5S/c1-27(2)16-8-4-14(5-9-16)12-18-21(30)28(23(31)34-18)13-19(29)24-22-26-25-20(33-22)15-6-10-17(32-3)11-7-15/h4-12H,13H2,1-3H3,(H,24,26,29)/b18-12-. The van der Waals surface area contributed by atoms with Crippen molar-refractivity contribution < 1.29 is 23.5 Å². The molecule has 3 amide bonds. The zero-order chi connectivity index (χ0) is 24.2. The van der Waals surface area contributed by atoms with E-state index in [1.54, 1.807) is 37.5 Å². The fourth-order valence-corrected chi connectivity index (χ4v) is 3.92. The van der Waals surface area contributed by atoms with Crippen LogP contribution in [0.3, 0.4) is 0 Å². The van der Waals surface area contributed by atoms with E-state index < -0.39 is 23.6 Å². The molecule has 11 heteroatoms. The number of imide groups is 1. The average molecular weight is 480 g/mol. The molecular formula is C23H21N5O5S. The van der Waals surface area contributed by atoms with E-state index in [0.29, 0.717) is 11.3 Å². The van der Waals surface area contributed by atoms with Gasteiger partial charge in [-0.05, 0) is 59.8 Å². The van der Waals surface area contributed by atoms with Crippen LogP contribution in [0.4, 0.5) is 16.5 Å². The van der Waals surface area contributed by atoms with E-state index in [1.165, 1.54) is 0 Å². The molecule has 34 heavy (non-hydrogen) atoms. The highest BCUT2D eigenvalue weighted by Crippen LogP contribution is 2.32. The fraction of sp³-hybridized carbons (Fsp3) is 0.174. The molecule has 0 aliphatic carbocycles. The van der Waals surface area contributed by atoms with Gasteiger partial charge in [-0.3, -0.25) is 24.6 Å². The molecule has 174 valence electrons. The molecule has 0 bridgehead atoms. The van der Waals surface area contributed by atoms with Crippen LogP contribution in [0.5, 0.6) is 5.75 Å². The Kier molecular flexibility index (Phi) is 6.64. The molecule has 10 nitrogen and oxygen atoms in total. The van der Waals surface area contributed by atoms with Gasteiger partial charge in [-0.15, -0.1) is 5.10 Å². The summed E-state index contributed by atoms with van der Waals surface area (Å²) in [5.41, 5.74) is 2.43. The molecule has 1 aliphatic heterocycles. The van der Waals surface area contributed by atoms with E-state index in [4.69, 9.17) is 9.15 Å². The molecule has 2 aromatic carbocycles. The summed E-state index contributed by atoms with van der Waals surface area (Å²) in [5, 5.41) is 9.58. The van der Waals surface area contributed by atoms with Gasteiger partial charge in [0.1, 0.15) is 12.3 Å². The number of amides is 3. The first-order valence-electron chi connectivity index (χ1n) is 10.1. The van der Waals surface area contributed by atoms with Gasteiger partial charge in [-0.2, -0.15) is 0 Å². The number of nitrogens with zero attached hydrogens (tertiary/aromatic N) is 4. The lowest BCUT2D eigenvalue weighted by molar-refractivity contribution is -0.127. The van der Waals surface area contributed by atoms with Gasteiger partial charge in [0, 0.05) is 25.3 Å². The number of anilines is 2. The summed E-state index contributed by atoms with van der Waals surface area (Å²) < 4.78 is 10.6. The van der Waals surface area contributed by atoms with Crippen molar-refractivity contribution in [2.45, 2.75) is 0 Å². The highest BCUT2D eigenvalue weighted by Gasteiger charge is 2.36. The van der Waals surface area contributed by atoms with Crippen molar-refractivity contribution in [2.75, 3.05) is 38.0 Å². The normalized spacial score (nSPS) is 14.6. The third-order valence-corrected chi connectivity index (χ3v) is 5.80. The Morgan fingerprint density at radius 2 is 1.82 bits per heavy atom. The van der Waals surface area contributed by atoms with Crippen LogP contribution >= 0.6 is 11.8 Å². The summed E-state index contributed by atoms with van der Waals surface area (Å²) in [6, 6.07) is 14.3. The van der Waals surface area contributed by atoms with Crippen molar-refractivity contribution in [3.05, 3.63) is 59.0 Å². The second kappa shape index (κ2) is 9.79. The van der Waals surface area contributed by atoms with E-state index in [2.05, 4.69) is 15.5 Å². The first-order valence-corrected chi connectivity index (χ1v) is 11.0. The van der Waals surface area contributed by atoms with Gasteiger partial charge in [-0.1, -0.05) is 17.2 Å². The summed E-state index contributed by atoms with van der Waals surface area (Å²) in [4.78, 5) is 40.5. The van der Waals surface area contributed by atoms with Crippen LogP contribution in [0.15, 0.2) is 57.9 Å². The zero-order valence-corrected chi connectivity index (χ0v) is 19.5. The third kappa shape index (κ3) is 5.09. The van der Waals surface area contributed by atoms with Crippen molar-refractivity contribution in [1.82, 2.24) is 15.1 Å². The van der Waals surface area contributed by atoms with E-state index in [9.17, 15) is 14.4 Å². The Morgan fingerprint density at radius 3 is 2.47 bits per heavy atom. The van der Waals surface area contributed by atoms with Crippen LogP contribution in [-0.2, 0) is 9.59 Å². The van der Waals surface area contributed by atoms with E-state index in [0.717, 1.165) is 27.9 Å². The number of thioether (sulfide) groups is 1. The number of nitrogens with one attached hydrogen (secondary N) is 1. The molecule has 0 spiro atoms. The minimum absolute atomic E-state index is 0.140. The smallest absolute Gasteiger partial charge is 0.322 e. The monoisotopic (exact) mass is 479 g/mol. The third-order valence-electron chi connectivity index (χ3n) is 4.89. The molecule has 1 N–H and O–H groups in total. The maximum absolute atomic E-state index is 12.7. The average Bonchev–Trinajstić information content (AvgIpc) is 3.39. The number of aromatic nitrogens is 2. The SMILES string of the molecule is COc1ccc(-c2nnc(NC(=O)CN3C(=O)S/C(=C\c4ccc(N(C)C)cc4)C3=O)o2)cc1. The minimum Gasteiger partial charge on any atom is -0.497 e. The lowest BCUT2D eigenvalue weighted by atomic mass is 10.2. The maximum Gasteiger partial charge on any atom is 0.322 e. The molecule has 0 unspecified atom stereocenters. The number of ether oxygens (including phenoxy) is 1. The topological polar surface area (TPSA) is 118 Å². The van der Waals surface area contributed by atoms with Gasteiger partial charge in [-0.25, -0.2) is 0 Å². The van der Waals surface area contributed by atoms with Gasteiger partial charge in [0.2, 0.25) is 11.8 Å². The summed E-state index contributed by atoms with van der Waals surface area (Å²) in [6.45, 7) is -0.470. The molecule has 0 atom stereocenters. The number of carbonyl (C=O) groups excluding carboxylic acids is 3. The van der Waals surface area contributed by atoms with Gasteiger partial charge in [0.05, 0.1) is 12.0 Å². The summed E-state index contributed by atoms with van der Waals surface area (Å²) >= 11 is 0.786.